The van der Waals surface area contributed by atoms with Crippen LogP contribution in [0, 0.1) is 12.1 Å². The Kier molecular flexibility index (Phi) is 13.5. The Morgan fingerprint density at radius 3 is 2.44 bits per heavy atom. The Labute approximate surface area is 124 Å². The monoisotopic (exact) mass is 200 g/mol. The molecule has 76 valence electrons. The van der Waals surface area contributed by atoms with E-state index >= 15 is 0 Å². The van der Waals surface area contributed by atoms with Crippen LogP contribution >= 0.6 is 0 Å². The quantitative estimate of drug-likeness (QED) is 0.392. The zero-order valence-corrected chi connectivity index (χ0v) is 11.1. The maximum absolute atomic E-state index is 3.47. The fourth-order valence-electron chi connectivity index (χ4n) is 1.43. The fraction of sp³-hybridized carbons (Fsp3) is 0.429. The van der Waals surface area contributed by atoms with Gasteiger partial charge in [-0.1, -0.05) is 33.1 Å². The molecule has 0 amide bonds. The summed E-state index contributed by atoms with van der Waals surface area (Å²) in [7, 11) is 0. The molecule has 1 aromatic carbocycles. The van der Waals surface area contributed by atoms with Crippen LogP contribution in [-0.4, -0.2) is 0 Å². The molecule has 0 saturated carbocycles. The van der Waals surface area contributed by atoms with E-state index in [1.54, 1.807) is 0 Å². The fourth-order valence-corrected chi connectivity index (χ4v) is 1.43. The largest absolute Gasteiger partial charge is 1.00 e. The maximum atomic E-state index is 3.47. The van der Waals surface area contributed by atoms with E-state index in [2.05, 4.69) is 38.1 Å². The molecule has 0 saturated heterocycles. The van der Waals surface area contributed by atoms with Crippen LogP contribution in [0.25, 0.3) is 5.57 Å². The third-order valence-corrected chi connectivity index (χ3v) is 2.12. The smallest absolute Gasteiger partial charge is 0.323 e. The van der Waals surface area contributed by atoms with Crippen molar-refractivity contribution >= 4 is 5.57 Å². The van der Waals surface area contributed by atoms with Crippen LogP contribution in [-0.2, 0) is 0 Å². The van der Waals surface area contributed by atoms with Crippen molar-refractivity contribution in [1.82, 2.24) is 0 Å². The molecule has 0 heterocycles. The zero-order valence-electron chi connectivity index (χ0n) is 11.1. The van der Waals surface area contributed by atoms with Crippen LogP contribution in [0.1, 0.15) is 45.1 Å². The van der Waals surface area contributed by atoms with Gasteiger partial charge in [0.25, 0.3) is 0 Å². The van der Waals surface area contributed by atoms with E-state index in [4.69, 9.17) is 0 Å². The van der Waals surface area contributed by atoms with Gasteiger partial charge in [-0.25, -0.2) is 12.1 Å². The second-order valence-electron chi connectivity index (χ2n) is 3.43. The standard InChI is InChI=1S/C14H18.2Li/c1-3-5-10-13(9-4-2)14-11-7-6-8-12-14;;/h6-8,11H,3-5,9H2,1-2H3;;/q-2;2*+1. The van der Waals surface area contributed by atoms with Gasteiger partial charge in [-0.05, 0) is 0 Å². The number of hydrogen-bond donors (Lipinski definition) is 0. The summed E-state index contributed by atoms with van der Waals surface area (Å²) in [4.78, 5) is 0. The normalized spacial score (nSPS) is 10.2. The van der Waals surface area contributed by atoms with E-state index in [0.717, 1.165) is 12.8 Å². The molecule has 1 rings (SSSR count). The predicted octanol–water partition coefficient (Wildman–Crippen LogP) is -1.72. The third-order valence-electron chi connectivity index (χ3n) is 2.12. The van der Waals surface area contributed by atoms with E-state index < -0.39 is 0 Å². The Balaban J connectivity index is 0. The van der Waals surface area contributed by atoms with Gasteiger partial charge in [-0.3, -0.25) is 5.57 Å². The first-order valence-corrected chi connectivity index (χ1v) is 5.45. The Morgan fingerprint density at radius 1 is 1.19 bits per heavy atom. The average Bonchev–Trinajstić information content (AvgIpc) is 2.25. The van der Waals surface area contributed by atoms with Crippen LogP contribution in [0.3, 0.4) is 0 Å². The molecule has 0 spiro atoms. The van der Waals surface area contributed by atoms with Gasteiger partial charge in [0.1, 0.15) is 0 Å². The van der Waals surface area contributed by atoms with Gasteiger partial charge >= 0.3 is 37.7 Å². The van der Waals surface area contributed by atoms with Gasteiger partial charge in [-0.15, -0.1) is 12.5 Å². The van der Waals surface area contributed by atoms with Crippen LogP contribution in [0.4, 0.5) is 0 Å². The molecule has 0 atom stereocenters. The molecule has 16 heavy (non-hydrogen) atoms. The molecular weight excluding hydrogens is 182 g/mol. The molecule has 1 aromatic rings. The summed E-state index contributed by atoms with van der Waals surface area (Å²) in [6.45, 7) is 4.39. The summed E-state index contributed by atoms with van der Waals surface area (Å²) in [5.41, 5.74) is 2.54. The number of unbranched alkanes of at least 4 members (excludes halogenated alkanes) is 1. The van der Waals surface area contributed by atoms with Crippen molar-refractivity contribution in [2.45, 2.75) is 39.5 Å². The molecule has 0 aliphatic rings. The minimum absolute atomic E-state index is 0. The summed E-state index contributed by atoms with van der Waals surface area (Å²) in [5, 5.41) is 0. The van der Waals surface area contributed by atoms with Crippen LogP contribution in [0.15, 0.2) is 24.3 Å². The molecule has 0 fully saturated rings. The van der Waals surface area contributed by atoms with Gasteiger partial charge in [0, 0.05) is 0 Å². The second kappa shape index (κ2) is 11.6. The molecule has 2 heteroatoms. The SMILES string of the molecule is CCC[C-]=C(CCC)c1[c-]cccc1.[Li+].[Li+]. The van der Waals surface area contributed by atoms with E-state index in [1.165, 1.54) is 24.0 Å². The molecule has 0 unspecified atom stereocenters. The summed E-state index contributed by atoms with van der Waals surface area (Å²) in [6, 6.07) is 11.4. The van der Waals surface area contributed by atoms with Crippen molar-refractivity contribution in [3.8, 4) is 0 Å². The van der Waals surface area contributed by atoms with Crippen LogP contribution in [0.5, 0.6) is 0 Å². The zero-order chi connectivity index (χ0) is 10.2. The molecule has 0 nitrogen and oxygen atoms in total. The number of benzene rings is 1. The van der Waals surface area contributed by atoms with E-state index in [1.807, 2.05) is 12.1 Å². The summed E-state index contributed by atoms with van der Waals surface area (Å²) >= 11 is 0. The van der Waals surface area contributed by atoms with E-state index in [0.29, 0.717) is 0 Å². The number of rotatable bonds is 5. The van der Waals surface area contributed by atoms with Crippen LogP contribution in [0.2, 0.25) is 0 Å². The minimum Gasteiger partial charge on any atom is -0.323 e. The Bertz CT molecular complexity index is 278. The number of hydrogen-bond acceptors (Lipinski definition) is 0. The molecule has 0 aliphatic heterocycles. The number of allylic oxidation sites excluding steroid dienone is 2. The third kappa shape index (κ3) is 6.68. The molecule has 0 aliphatic carbocycles. The van der Waals surface area contributed by atoms with E-state index in [9.17, 15) is 0 Å². The van der Waals surface area contributed by atoms with Crippen LogP contribution < -0.4 is 37.7 Å². The van der Waals surface area contributed by atoms with E-state index in [-0.39, 0.29) is 37.7 Å². The summed E-state index contributed by atoms with van der Waals surface area (Å²) in [6.07, 6.45) is 7.98. The van der Waals surface area contributed by atoms with Gasteiger partial charge in [-0.2, -0.15) is 12.1 Å². The first kappa shape index (κ1) is 18.5. The van der Waals surface area contributed by atoms with Crippen molar-refractivity contribution in [1.29, 1.82) is 0 Å². The minimum atomic E-state index is 0. The molecular formula is C14H18Li2. The molecule has 0 aromatic heterocycles. The Hall–Kier alpha value is 0.155. The van der Waals surface area contributed by atoms with Gasteiger partial charge in [0.05, 0.1) is 0 Å². The van der Waals surface area contributed by atoms with Gasteiger partial charge < -0.3 is 11.6 Å². The van der Waals surface area contributed by atoms with Crippen molar-refractivity contribution in [2.75, 3.05) is 0 Å². The molecule has 0 N–H and O–H groups in total. The van der Waals surface area contributed by atoms with Gasteiger partial charge in [0.15, 0.2) is 0 Å². The van der Waals surface area contributed by atoms with Crippen molar-refractivity contribution in [3.63, 3.8) is 0 Å². The second-order valence-corrected chi connectivity index (χ2v) is 3.43. The maximum Gasteiger partial charge on any atom is 1.00 e. The summed E-state index contributed by atoms with van der Waals surface area (Å²) in [5.74, 6) is 0. The van der Waals surface area contributed by atoms with Crippen molar-refractivity contribution in [3.05, 3.63) is 42.0 Å². The first-order chi connectivity index (χ1) is 6.88. The van der Waals surface area contributed by atoms with Crippen molar-refractivity contribution < 1.29 is 37.7 Å². The predicted molar refractivity (Wildman–Crippen MR) is 61.7 cm³/mol. The first-order valence-electron chi connectivity index (χ1n) is 5.45. The van der Waals surface area contributed by atoms with Gasteiger partial charge in [0.2, 0.25) is 0 Å². The topological polar surface area (TPSA) is 0 Å². The Morgan fingerprint density at radius 2 is 1.94 bits per heavy atom. The average molecular weight is 200 g/mol. The molecule has 0 radical (unpaired) electrons. The summed E-state index contributed by atoms with van der Waals surface area (Å²) < 4.78 is 0. The van der Waals surface area contributed by atoms with Crippen molar-refractivity contribution in [2.24, 2.45) is 0 Å². The molecule has 0 bridgehead atoms.